The second-order valence-electron chi connectivity index (χ2n) is 6.09. The molecular formula is C18H12F3N3O5. The van der Waals surface area contributed by atoms with E-state index in [1.54, 1.807) is 0 Å². The number of fused-ring (bicyclic) bond motifs is 1. The molecule has 0 aromatic heterocycles. The summed E-state index contributed by atoms with van der Waals surface area (Å²) in [6.07, 6.45) is -4.84. The number of carbonyl (C=O) groups excluding carboxylic acids is 3. The van der Waals surface area contributed by atoms with Crippen molar-refractivity contribution in [3.05, 3.63) is 69.3 Å². The number of hydrogen-bond donors (Lipinski definition) is 1. The average molecular weight is 407 g/mol. The van der Waals surface area contributed by atoms with Gasteiger partial charge in [-0.2, -0.15) is 13.2 Å². The Morgan fingerprint density at radius 3 is 2.31 bits per heavy atom. The second-order valence-corrected chi connectivity index (χ2v) is 6.09. The molecule has 0 radical (unpaired) electrons. The zero-order chi connectivity index (χ0) is 21.3. The highest BCUT2D eigenvalue weighted by atomic mass is 19.4. The van der Waals surface area contributed by atoms with Crippen molar-refractivity contribution in [2.24, 2.45) is 0 Å². The summed E-state index contributed by atoms with van der Waals surface area (Å²) in [5.41, 5.74) is -1.71. The van der Waals surface area contributed by atoms with Gasteiger partial charge < -0.3 is 5.32 Å². The summed E-state index contributed by atoms with van der Waals surface area (Å²) in [6, 6.07) is 7.43. The molecule has 0 atom stereocenters. The van der Waals surface area contributed by atoms with E-state index in [1.165, 1.54) is 12.1 Å². The van der Waals surface area contributed by atoms with Crippen LogP contribution in [0.25, 0.3) is 0 Å². The lowest BCUT2D eigenvalue weighted by Gasteiger charge is -2.13. The first kappa shape index (κ1) is 20.0. The van der Waals surface area contributed by atoms with Gasteiger partial charge in [-0.05, 0) is 30.3 Å². The first-order chi connectivity index (χ1) is 13.6. The standard InChI is InChI=1S/C18H12F3N3O5/c19-18(20,21)10-4-6-11(7-5-10)22-14(25)8-9-23-16(26)12-2-1-3-13(24(28)29)15(12)17(23)27/h1-7H,8-9H2,(H,22,25). The fourth-order valence-electron chi connectivity index (χ4n) is 2.85. The molecule has 29 heavy (non-hydrogen) atoms. The van der Waals surface area contributed by atoms with Crippen molar-refractivity contribution < 1.29 is 32.5 Å². The van der Waals surface area contributed by atoms with Gasteiger partial charge in [0.25, 0.3) is 17.5 Å². The number of amides is 3. The number of carbonyl (C=O) groups is 3. The van der Waals surface area contributed by atoms with Crippen LogP contribution in [0.2, 0.25) is 0 Å². The Morgan fingerprint density at radius 2 is 1.72 bits per heavy atom. The van der Waals surface area contributed by atoms with Crippen molar-refractivity contribution in [3.8, 4) is 0 Å². The maximum atomic E-state index is 12.5. The van der Waals surface area contributed by atoms with E-state index >= 15 is 0 Å². The SMILES string of the molecule is O=C(CCN1C(=O)c2cccc([N+](=O)[O-])c2C1=O)Nc1ccc(C(F)(F)F)cc1. The molecule has 2 aromatic rings. The van der Waals surface area contributed by atoms with Crippen LogP contribution in [0.5, 0.6) is 0 Å². The Morgan fingerprint density at radius 1 is 1.07 bits per heavy atom. The summed E-state index contributed by atoms with van der Waals surface area (Å²) in [5.74, 6) is -2.27. The molecule has 1 aliphatic heterocycles. The summed E-state index contributed by atoms with van der Waals surface area (Å²) in [5, 5.41) is 13.4. The molecule has 0 saturated carbocycles. The van der Waals surface area contributed by atoms with E-state index in [0.717, 1.165) is 35.2 Å². The molecule has 2 aromatic carbocycles. The van der Waals surface area contributed by atoms with Gasteiger partial charge in [0.15, 0.2) is 0 Å². The number of rotatable bonds is 5. The highest BCUT2D eigenvalue weighted by Gasteiger charge is 2.40. The lowest BCUT2D eigenvalue weighted by molar-refractivity contribution is -0.385. The monoisotopic (exact) mass is 407 g/mol. The van der Waals surface area contributed by atoms with E-state index in [-0.39, 0.29) is 29.8 Å². The molecule has 3 rings (SSSR count). The van der Waals surface area contributed by atoms with Gasteiger partial charge in [-0.25, -0.2) is 0 Å². The highest BCUT2D eigenvalue weighted by molar-refractivity contribution is 6.23. The van der Waals surface area contributed by atoms with Gasteiger partial charge in [-0.3, -0.25) is 29.4 Å². The summed E-state index contributed by atoms with van der Waals surface area (Å²) in [6.45, 7) is -0.337. The van der Waals surface area contributed by atoms with Crippen LogP contribution in [0.4, 0.5) is 24.5 Å². The smallest absolute Gasteiger partial charge is 0.326 e. The zero-order valence-corrected chi connectivity index (χ0v) is 14.5. The average Bonchev–Trinajstić information content (AvgIpc) is 2.90. The molecule has 1 aliphatic rings. The number of hydrogen-bond acceptors (Lipinski definition) is 5. The minimum Gasteiger partial charge on any atom is -0.326 e. The van der Waals surface area contributed by atoms with Gasteiger partial charge in [-0.1, -0.05) is 6.07 Å². The van der Waals surface area contributed by atoms with Crippen LogP contribution in [0.15, 0.2) is 42.5 Å². The lowest BCUT2D eigenvalue weighted by Crippen LogP contribution is -2.33. The summed E-state index contributed by atoms with van der Waals surface area (Å²) < 4.78 is 37.6. The van der Waals surface area contributed by atoms with Gasteiger partial charge in [0.05, 0.1) is 16.1 Å². The van der Waals surface area contributed by atoms with Crippen LogP contribution in [-0.2, 0) is 11.0 Å². The first-order valence-corrected chi connectivity index (χ1v) is 8.20. The van der Waals surface area contributed by atoms with Crippen LogP contribution >= 0.6 is 0 Å². The molecule has 150 valence electrons. The minimum atomic E-state index is -4.50. The topological polar surface area (TPSA) is 110 Å². The quantitative estimate of drug-likeness (QED) is 0.465. The maximum absolute atomic E-state index is 12.5. The molecule has 8 nitrogen and oxygen atoms in total. The number of halogens is 3. The molecule has 0 fully saturated rings. The van der Waals surface area contributed by atoms with Gasteiger partial charge in [0, 0.05) is 24.7 Å². The summed E-state index contributed by atoms with van der Waals surface area (Å²) in [4.78, 5) is 47.8. The van der Waals surface area contributed by atoms with Crippen LogP contribution in [0.1, 0.15) is 32.7 Å². The lowest BCUT2D eigenvalue weighted by atomic mass is 10.1. The van der Waals surface area contributed by atoms with Gasteiger partial charge >= 0.3 is 6.18 Å². The molecule has 0 aliphatic carbocycles. The number of anilines is 1. The van der Waals surface area contributed by atoms with Gasteiger partial charge in [0.2, 0.25) is 5.91 Å². The predicted molar refractivity (Wildman–Crippen MR) is 93.2 cm³/mol. The highest BCUT2D eigenvalue weighted by Crippen LogP contribution is 2.31. The van der Waals surface area contributed by atoms with Crippen molar-refractivity contribution >= 4 is 29.1 Å². The van der Waals surface area contributed by atoms with E-state index in [2.05, 4.69) is 5.32 Å². The molecule has 0 spiro atoms. The number of nitrogens with zero attached hydrogens (tertiary/aromatic N) is 2. The molecule has 0 bridgehead atoms. The van der Waals surface area contributed by atoms with E-state index in [4.69, 9.17) is 0 Å². The summed E-state index contributed by atoms with van der Waals surface area (Å²) in [7, 11) is 0. The molecule has 11 heteroatoms. The van der Waals surface area contributed by atoms with Crippen LogP contribution in [-0.4, -0.2) is 34.1 Å². The number of benzene rings is 2. The van der Waals surface area contributed by atoms with E-state index in [0.29, 0.717) is 0 Å². The number of alkyl halides is 3. The van der Waals surface area contributed by atoms with Crippen LogP contribution in [0.3, 0.4) is 0 Å². The van der Waals surface area contributed by atoms with Crippen molar-refractivity contribution in [2.45, 2.75) is 12.6 Å². The van der Waals surface area contributed by atoms with E-state index in [9.17, 15) is 37.7 Å². The summed E-state index contributed by atoms with van der Waals surface area (Å²) >= 11 is 0. The fraction of sp³-hybridized carbons (Fsp3) is 0.167. The Bertz CT molecular complexity index is 1020. The normalized spacial score (nSPS) is 13.4. The largest absolute Gasteiger partial charge is 0.416 e. The van der Waals surface area contributed by atoms with Gasteiger partial charge in [0.1, 0.15) is 5.56 Å². The third-order valence-electron chi connectivity index (χ3n) is 4.23. The molecule has 0 saturated heterocycles. The molecular weight excluding hydrogens is 395 g/mol. The molecule has 1 N–H and O–H groups in total. The second kappa shape index (κ2) is 7.34. The maximum Gasteiger partial charge on any atom is 0.416 e. The minimum absolute atomic E-state index is 0.112. The van der Waals surface area contributed by atoms with Crippen LogP contribution in [0, 0.1) is 10.1 Å². The van der Waals surface area contributed by atoms with E-state index < -0.39 is 40.1 Å². The van der Waals surface area contributed by atoms with Crippen molar-refractivity contribution in [3.63, 3.8) is 0 Å². The predicted octanol–water partition coefficient (Wildman–Crippen LogP) is 3.24. The number of nitro benzene ring substituents is 1. The Balaban J connectivity index is 1.65. The Kier molecular flexibility index (Phi) is 5.06. The van der Waals surface area contributed by atoms with Crippen molar-refractivity contribution in [1.29, 1.82) is 0 Å². The fourth-order valence-corrected chi connectivity index (χ4v) is 2.85. The Labute approximate surface area is 161 Å². The number of nitrogens with one attached hydrogen (secondary N) is 1. The zero-order valence-electron chi connectivity index (χ0n) is 14.5. The molecule has 1 heterocycles. The van der Waals surface area contributed by atoms with Crippen LogP contribution < -0.4 is 5.32 Å². The molecule has 0 unspecified atom stereocenters. The first-order valence-electron chi connectivity index (χ1n) is 8.20. The van der Waals surface area contributed by atoms with Crippen molar-refractivity contribution in [1.82, 2.24) is 4.90 Å². The number of nitro groups is 1. The third kappa shape index (κ3) is 3.93. The van der Waals surface area contributed by atoms with Crippen molar-refractivity contribution in [2.75, 3.05) is 11.9 Å². The van der Waals surface area contributed by atoms with Gasteiger partial charge in [-0.15, -0.1) is 0 Å². The third-order valence-corrected chi connectivity index (χ3v) is 4.23. The Hall–Kier alpha value is -3.76. The van der Waals surface area contributed by atoms with E-state index in [1.807, 2.05) is 0 Å². The number of imide groups is 1. The molecule has 3 amide bonds.